The van der Waals surface area contributed by atoms with E-state index in [-0.39, 0.29) is 0 Å². The van der Waals surface area contributed by atoms with E-state index in [2.05, 4.69) is 40.6 Å². The van der Waals surface area contributed by atoms with Gasteiger partial charge in [0, 0.05) is 7.11 Å². The van der Waals surface area contributed by atoms with Gasteiger partial charge in [0.15, 0.2) is 0 Å². The highest BCUT2D eigenvalue weighted by molar-refractivity contribution is 7.08. The molecule has 0 aliphatic carbocycles. The van der Waals surface area contributed by atoms with Crippen LogP contribution in [0.15, 0.2) is 33.7 Å². The summed E-state index contributed by atoms with van der Waals surface area (Å²) in [7, 11) is 1.67. The summed E-state index contributed by atoms with van der Waals surface area (Å²) in [5.41, 5.74) is 1.99. The van der Waals surface area contributed by atoms with Gasteiger partial charge < -0.3 is 14.2 Å². The molecule has 2 rings (SSSR count). The second kappa shape index (κ2) is 7.90. The van der Waals surface area contributed by atoms with Crippen LogP contribution in [0.1, 0.15) is 18.1 Å². The molecule has 0 aliphatic heterocycles. The van der Waals surface area contributed by atoms with Crippen molar-refractivity contribution in [1.29, 1.82) is 0 Å². The molecule has 0 aromatic carbocycles. The van der Waals surface area contributed by atoms with Crippen LogP contribution in [0.4, 0.5) is 0 Å². The lowest BCUT2D eigenvalue weighted by molar-refractivity contribution is -0.0412. The Balaban J connectivity index is 1.95. The third kappa shape index (κ3) is 3.90. The first kappa shape index (κ1) is 15.7. The van der Waals surface area contributed by atoms with Gasteiger partial charge in [-0.05, 0) is 51.7 Å². The van der Waals surface area contributed by atoms with Crippen LogP contribution in [-0.2, 0) is 19.8 Å². The van der Waals surface area contributed by atoms with Gasteiger partial charge in [-0.2, -0.15) is 22.7 Å². The highest BCUT2D eigenvalue weighted by atomic mass is 32.1. The Hall–Kier alpha value is -0.720. The van der Waals surface area contributed by atoms with Crippen LogP contribution >= 0.6 is 22.7 Å². The summed E-state index contributed by atoms with van der Waals surface area (Å²) >= 11 is 3.38. The van der Waals surface area contributed by atoms with E-state index < -0.39 is 5.60 Å². The molecule has 2 aromatic rings. The highest BCUT2D eigenvalue weighted by Gasteiger charge is 2.30. The molecule has 0 N–H and O–H groups in total. The third-order valence-electron chi connectivity index (χ3n) is 3.19. The smallest absolute Gasteiger partial charge is 0.117 e. The number of ether oxygens (including phenoxy) is 3. The zero-order chi connectivity index (χ0) is 14.3. The standard InChI is InChI=1S/C15H20O3S2/c1-15(13-3-9-19-11-13,14-4-10-20-12-14)18-8-7-17-6-5-16-2/h3-4,9-12H,5-8H2,1-2H3. The van der Waals surface area contributed by atoms with Gasteiger partial charge in [-0.15, -0.1) is 0 Å². The molecular weight excluding hydrogens is 292 g/mol. The maximum atomic E-state index is 6.15. The van der Waals surface area contributed by atoms with Crippen LogP contribution in [0.5, 0.6) is 0 Å². The normalized spacial score (nSPS) is 11.9. The predicted molar refractivity (Wildman–Crippen MR) is 83.7 cm³/mol. The third-order valence-corrected chi connectivity index (χ3v) is 4.56. The zero-order valence-corrected chi connectivity index (χ0v) is 13.5. The summed E-state index contributed by atoms with van der Waals surface area (Å²) in [4.78, 5) is 0. The summed E-state index contributed by atoms with van der Waals surface area (Å²) in [6.45, 7) is 4.48. The molecule has 0 amide bonds. The number of rotatable bonds is 9. The second-order valence-electron chi connectivity index (χ2n) is 4.51. The molecule has 0 aliphatic rings. The predicted octanol–water partition coefficient (Wildman–Crippen LogP) is 3.75. The first-order valence-corrected chi connectivity index (χ1v) is 8.42. The molecule has 110 valence electrons. The van der Waals surface area contributed by atoms with Crippen LogP contribution in [-0.4, -0.2) is 33.5 Å². The summed E-state index contributed by atoms with van der Waals surface area (Å²) < 4.78 is 16.5. The molecule has 0 saturated carbocycles. The molecule has 0 fully saturated rings. The Morgan fingerprint density at radius 3 is 2.05 bits per heavy atom. The van der Waals surface area contributed by atoms with E-state index in [1.807, 2.05) is 0 Å². The number of thiophene rings is 2. The summed E-state index contributed by atoms with van der Waals surface area (Å²) in [5, 5.41) is 8.45. The Morgan fingerprint density at radius 2 is 1.55 bits per heavy atom. The average Bonchev–Trinajstić information content (AvgIpc) is 3.15. The Morgan fingerprint density at radius 1 is 0.950 bits per heavy atom. The first-order valence-electron chi connectivity index (χ1n) is 6.53. The van der Waals surface area contributed by atoms with Gasteiger partial charge in [0.05, 0.1) is 26.4 Å². The molecule has 2 heterocycles. The SMILES string of the molecule is COCCOCCOC(C)(c1ccsc1)c1ccsc1. The topological polar surface area (TPSA) is 27.7 Å². The van der Waals surface area contributed by atoms with Crippen LogP contribution in [0.3, 0.4) is 0 Å². The lowest BCUT2D eigenvalue weighted by Crippen LogP contribution is -2.28. The highest BCUT2D eigenvalue weighted by Crippen LogP contribution is 2.35. The van der Waals surface area contributed by atoms with Crippen molar-refractivity contribution in [3.63, 3.8) is 0 Å². The summed E-state index contributed by atoms with van der Waals surface area (Å²) in [6.07, 6.45) is 0. The molecule has 5 heteroatoms. The van der Waals surface area contributed by atoms with Crippen molar-refractivity contribution in [3.05, 3.63) is 44.8 Å². The van der Waals surface area contributed by atoms with Crippen molar-refractivity contribution >= 4 is 22.7 Å². The van der Waals surface area contributed by atoms with E-state index in [1.165, 1.54) is 11.1 Å². The summed E-state index contributed by atoms with van der Waals surface area (Å²) in [5.74, 6) is 0. The van der Waals surface area contributed by atoms with Crippen LogP contribution in [0.25, 0.3) is 0 Å². The van der Waals surface area contributed by atoms with Gasteiger partial charge in [-0.3, -0.25) is 0 Å². The van der Waals surface area contributed by atoms with Crippen molar-refractivity contribution < 1.29 is 14.2 Å². The molecule has 3 nitrogen and oxygen atoms in total. The minimum Gasteiger partial charge on any atom is -0.382 e. The fourth-order valence-corrected chi connectivity index (χ4v) is 3.46. The van der Waals surface area contributed by atoms with Crippen molar-refractivity contribution in [2.75, 3.05) is 33.5 Å². The van der Waals surface area contributed by atoms with E-state index in [9.17, 15) is 0 Å². The zero-order valence-electron chi connectivity index (χ0n) is 11.8. The molecular formula is C15H20O3S2. The molecule has 0 atom stereocenters. The molecule has 0 spiro atoms. The van der Waals surface area contributed by atoms with Crippen molar-refractivity contribution in [1.82, 2.24) is 0 Å². The average molecular weight is 312 g/mol. The Bertz CT molecular complexity index is 431. The number of methoxy groups -OCH3 is 1. The van der Waals surface area contributed by atoms with Gasteiger partial charge >= 0.3 is 0 Å². The van der Waals surface area contributed by atoms with E-state index in [4.69, 9.17) is 14.2 Å². The van der Waals surface area contributed by atoms with Gasteiger partial charge in [-0.1, -0.05) is 0 Å². The molecule has 0 bridgehead atoms. The van der Waals surface area contributed by atoms with Crippen LogP contribution in [0.2, 0.25) is 0 Å². The minimum absolute atomic E-state index is 0.398. The lowest BCUT2D eigenvalue weighted by Gasteiger charge is -2.29. The molecule has 2 aromatic heterocycles. The number of hydrogen-bond acceptors (Lipinski definition) is 5. The Kier molecular flexibility index (Phi) is 6.19. The quantitative estimate of drug-likeness (QED) is 0.660. The van der Waals surface area contributed by atoms with E-state index in [0.717, 1.165) is 0 Å². The largest absolute Gasteiger partial charge is 0.382 e. The molecule has 0 saturated heterocycles. The van der Waals surface area contributed by atoms with E-state index >= 15 is 0 Å². The molecule has 0 unspecified atom stereocenters. The fourth-order valence-electron chi connectivity index (χ4n) is 1.95. The Labute approximate surface area is 128 Å². The van der Waals surface area contributed by atoms with Gasteiger partial charge in [0.25, 0.3) is 0 Å². The molecule has 0 radical (unpaired) electrons. The fraction of sp³-hybridized carbons (Fsp3) is 0.467. The van der Waals surface area contributed by atoms with E-state index in [1.54, 1.807) is 29.8 Å². The second-order valence-corrected chi connectivity index (χ2v) is 6.07. The number of hydrogen-bond donors (Lipinski definition) is 0. The maximum absolute atomic E-state index is 6.15. The monoisotopic (exact) mass is 312 g/mol. The van der Waals surface area contributed by atoms with Crippen molar-refractivity contribution in [3.8, 4) is 0 Å². The molecule has 20 heavy (non-hydrogen) atoms. The van der Waals surface area contributed by atoms with Crippen LogP contribution in [0, 0.1) is 0 Å². The lowest BCUT2D eigenvalue weighted by atomic mass is 9.92. The van der Waals surface area contributed by atoms with Gasteiger partial charge in [0.1, 0.15) is 5.60 Å². The van der Waals surface area contributed by atoms with Crippen LogP contribution < -0.4 is 0 Å². The van der Waals surface area contributed by atoms with Gasteiger partial charge in [-0.25, -0.2) is 0 Å². The van der Waals surface area contributed by atoms with Gasteiger partial charge in [0.2, 0.25) is 0 Å². The summed E-state index contributed by atoms with van der Waals surface area (Å²) in [6, 6.07) is 4.24. The van der Waals surface area contributed by atoms with E-state index in [0.29, 0.717) is 26.4 Å². The maximum Gasteiger partial charge on any atom is 0.117 e. The van der Waals surface area contributed by atoms with Crippen molar-refractivity contribution in [2.45, 2.75) is 12.5 Å². The minimum atomic E-state index is -0.398. The first-order chi connectivity index (χ1) is 9.77. The van der Waals surface area contributed by atoms with Crippen molar-refractivity contribution in [2.24, 2.45) is 0 Å².